The average Bonchev–Trinajstić information content (AvgIpc) is 2.78. The zero-order valence-corrected chi connectivity index (χ0v) is 14.2. The van der Waals surface area contributed by atoms with E-state index in [9.17, 15) is 0 Å². The van der Waals surface area contributed by atoms with Gasteiger partial charge in [0.05, 0.1) is 32.5 Å². The Kier molecular flexibility index (Phi) is 5.09. The number of aromatic nitrogens is 2. The van der Waals surface area contributed by atoms with Crippen LogP contribution in [0.4, 0.5) is 0 Å². The molecule has 1 heterocycles. The summed E-state index contributed by atoms with van der Waals surface area (Å²) in [6.07, 6.45) is 1.75. The quantitative estimate of drug-likeness (QED) is 0.623. The second-order valence-electron chi connectivity index (χ2n) is 4.66. The molecule has 0 amide bonds. The van der Waals surface area contributed by atoms with Crippen molar-refractivity contribution < 1.29 is 0 Å². The minimum atomic E-state index is -0.305. The molecule has 0 saturated carbocycles. The van der Waals surface area contributed by atoms with Crippen molar-refractivity contribution in [1.29, 1.82) is 0 Å². The molecule has 2 rings (SSSR count). The van der Waals surface area contributed by atoms with Gasteiger partial charge in [0.15, 0.2) is 0 Å². The highest BCUT2D eigenvalue weighted by Crippen LogP contribution is 2.36. The Balaban J connectivity index is 2.58. The Morgan fingerprint density at radius 2 is 2.05 bits per heavy atom. The van der Waals surface area contributed by atoms with Crippen molar-refractivity contribution in [3.8, 4) is 0 Å². The number of hydrogen-bond acceptors (Lipinski definition) is 3. The number of rotatable bonds is 4. The Morgan fingerprint density at radius 1 is 1.35 bits per heavy atom. The van der Waals surface area contributed by atoms with Crippen molar-refractivity contribution in [2.75, 3.05) is 0 Å². The van der Waals surface area contributed by atoms with Gasteiger partial charge in [-0.2, -0.15) is 5.10 Å². The molecule has 0 radical (unpaired) electrons. The number of nitrogens with one attached hydrogen (secondary N) is 1. The molecule has 3 N–H and O–H groups in total. The highest BCUT2D eigenvalue weighted by atomic mass is 79.9. The maximum atomic E-state index is 6.30. The van der Waals surface area contributed by atoms with Gasteiger partial charge in [-0.05, 0) is 41.4 Å². The molecule has 108 valence electrons. The van der Waals surface area contributed by atoms with E-state index in [-0.39, 0.29) is 12.1 Å². The van der Waals surface area contributed by atoms with Crippen LogP contribution in [0.3, 0.4) is 0 Å². The zero-order valence-electron chi connectivity index (χ0n) is 11.1. The first-order valence-electron chi connectivity index (χ1n) is 6.10. The van der Waals surface area contributed by atoms with Gasteiger partial charge in [-0.1, -0.05) is 35.3 Å². The van der Waals surface area contributed by atoms with Crippen molar-refractivity contribution in [2.45, 2.75) is 25.9 Å². The van der Waals surface area contributed by atoms with Crippen LogP contribution in [-0.2, 0) is 0 Å². The maximum absolute atomic E-state index is 6.30. The number of halogens is 3. The number of hydrazine groups is 1. The van der Waals surface area contributed by atoms with E-state index >= 15 is 0 Å². The number of nitrogens with zero attached hydrogens (tertiary/aromatic N) is 2. The predicted molar refractivity (Wildman–Crippen MR) is 85.9 cm³/mol. The molecule has 0 aliphatic heterocycles. The third-order valence-electron chi connectivity index (χ3n) is 3.01. The molecule has 1 aromatic heterocycles. The lowest BCUT2D eigenvalue weighted by Crippen LogP contribution is -2.31. The van der Waals surface area contributed by atoms with Crippen LogP contribution in [0.15, 0.2) is 28.9 Å². The SMILES string of the molecule is CC(C)n1ncc(Br)c1C(NN)c1cccc(Cl)c1Cl. The molecule has 2 aromatic rings. The van der Waals surface area contributed by atoms with Crippen LogP contribution in [0.1, 0.15) is 37.2 Å². The van der Waals surface area contributed by atoms with Crippen LogP contribution < -0.4 is 11.3 Å². The van der Waals surface area contributed by atoms with Gasteiger partial charge in [-0.25, -0.2) is 5.43 Å². The fourth-order valence-corrected chi connectivity index (χ4v) is 3.01. The summed E-state index contributed by atoms with van der Waals surface area (Å²) in [7, 11) is 0. The standard InChI is InChI=1S/C13H15BrCl2N4/c1-7(2)20-13(9(14)6-18-20)12(19-17)8-4-3-5-10(15)11(8)16/h3-7,12,19H,17H2,1-2H3. The van der Waals surface area contributed by atoms with Gasteiger partial charge in [0, 0.05) is 6.04 Å². The van der Waals surface area contributed by atoms with Crippen molar-refractivity contribution in [1.82, 2.24) is 15.2 Å². The van der Waals surface area contributed by atoms with Crippen molar-refractivity contribution >= 4 is 39.1 Å². The molecule has 1 atom stereocenters. The molecule has 0 fully saturated rings. The van der Waals surface area contributed by atoms with E-state index in [1.165, 1.54) is 0 Å². The topological polar surface area (TPSA) is 55.9 Å². The fourth-order valence-electron chi connectivity index (χ4n) is 2.09. The summed E-state index contributed by atoms with van der Waals surface area (Å²) in [6, 6.07) is 5.38. The predicted octanol–water partition coefficient (Wildman–Crippen LogP) is 4.09. The summed E-state index contributed by atoms with van der Waals surface area (Å²) in [5, 5.41) is 5.34. The van der Waals surface area contributed by atoms with Gasteiger partial charge in [0.25, 0.3) is 0 Å². The molecule has 20 heavy (non-hydrogen) atoms. The smallest absolute Gasteiger partial charge is 0.0904 e. The summed E-state index contributed by atoms with van der Waals surface area (Å²) < 4.78 is 2.76. The normalized spacial score (nSPS) is 12.9. The summed E-state index contributed by atoms with van der Waals surface area (Å²) in [5.74, 6) is 5.74. The second-order valence-corrected chi connectivity index (χ2v) is 6.30. The van der Waals surface area contributed by atoms with E-state index in [2.05, 4.69) is 40.3 Å². The van der Waals surface area contributed by atoms with Gasteiger partial charge in [-0.15, -0.1) is 0 Å². The molecule has 0 aliphatic rings. The monoisotopic (exact) mass is 376 g/mol. The minimum Gasteiger partial charge on any atom is -0.271 e. The average molecular weight is 378 g/mol. The van der Waals surface area contributed by atoms with Crippen molar-refractivity contribution in [3.05, 3.63) is 50.2 Å². The van der Waals surface area contributed by atoms with E-state index in [0.29, 0.717) is 10.0 Å². The minimum absolute atomic E-state index is 0.199. The summed E-state index contributed by atoms with van der Waals surface area (Å²) in [4.78, 5) is 0. The van der Waals surface area contributed by atoms with E-state index < -0.39 is 0 Å². The Hall–Kier alpha value is -0.590. The zero-order chi connectivity index (χ0) is 14.9. The van der Waals surface area contributed by atoms with Crippen LogP contribution in [0.2, 0.25) is 10.0 Å². The highest BCUT2D eigenvalue weighted by molar-refractivity contribution is 9.10. The molecule has 0 aliphatic carbocycles. The lowest BCUT2D eigenvalue weighted by Gasteiger charge is -2.22. The number of nitrogens with two attached hydrogens (primary N) is 1. The molecule has 0 spiro atoms. The van der Waals surface area contributed by atoms with Gasteiger partial charge in [-0.3, -0.25) is 10.5 Å². The number of benzene rings is 1. The van der Waals surface area contributed by atoms with E-state index in [4.69, 9.17) is 29.0 Å². The van der Waals surface area contributed by atoms with Crippen LogP contribution in [0, 0.1) is 0 Å². The van der Waals surface area contributed by atoms with Crippen molar-refractivity contribution in [2.24, 2.45) is 5.84 Å². The van der Waals surface area contributed by atoms with Crippen LogP contribution >= 0.6 is 39.1 Å². The van der Waals surface area contributed by atoms with E-state index in [1.807, 2.05) is 16.8 Å². The molecule has 1 unspecified atom stereocenters. The van der Waals surface area contributed by atoms with E-state index in [0.717, 1.165) is 15.7 Å². The maximum Gasteiger partial charge on any atom is 0.0904 e. The molecular weight excluding hydrogens is 363 g/mol. The van der Waals surface area contributed by atoms with Gasteiger partial charge < -0.3 is 0 Å². The lowest BCUT2D eigenvalue weighted by atomic mass is 10.0. The second kappa shape index (κ2) is 6.45. The molecule has 4 nitrogen and oxygen atoms in total. The Morgan fingerprint density at radius 3 is 2.65 bits per heavy atom. The lowest BCUT2D eigenvalue weighted by molar-refractivity contribution is 0.475. The van der Waals surface area contributed by atoms with Gasteiger partial charge in [0.2, 0.25) is 0 Å². The van der Waals surface area contributed by atoms with Crippen LogP contribution in [0.25, 0.3) is 0 Å². The first-order valence-corrected chi connectivity index (χ1v) is 7.65. The summed E-state index contributed by atoms with van der Waals surface area (Å²) in [6.45, 7) is 4.10. The fraction of sp³-hybridized carbons (Fsp3) is 0.308. The first kappa shape index (κ1) is 15.8. The Labute approximate surface area is 136 Å². The summed E-state index contributed by atoms with van der Waals surface area (Å²) in [5.41, 5.74) is 4.51. The molecule has 7 heteroatoms. The number of hydrogen-bond donors (Lipinski definition) is 2. The van der Waals surface area contributed by atoms with Crippen LogP contribution in [-0.4, -0.2) is 9.78 Å². The first-order chi connectivity index (χ1) is 9.47. The van der Waals surface area contributed by atoms with Crippen LogP contribution in [0.5, 0.6) is 0 Å². The van der Waals surface area contributed by atoms with Gasteiger partial charge in [0.1, 0.15) is 0 Å². The molecular formula is C13H15BrCl2N4. The van der Waals surface area contributed by atoms with Gasteiger partial charge >= 0.3 is 0 Å². The third kappa shape index (κ3) is 2.87. The van der Waals surface area contributed by atoms with E-state index in [1.54, 1.807) is 12.3 Å². The third-order valence-corrected chi connectivity index (χ3v) is 4.45. The largest absolute Gasteiger partial charge is 0.271 e. The molecule has 1 aromatic carbocycles. The highest BCUT2D eigenvalue weighted by Gasteiger charge is 2.24. The molecule has 0 bridgehead atoms. The summed E-state index contributed by atoms with van der Waals surface area (Å²) >= 11 is 15.9. The molecule has 0 saturated heterocycles. The van der Waals surface area contributed by atoms with Crippen molar-refractivity contribution in [3.63, 3.8) is 0 Å². The Bertz CT molecular complexity index is 612.